The molecule has 124 valence electrons. The van der Waals surface area contributed by atoms with Gasteiger partial charge in [0.2, 0.25) is 5.91 Å². The van der Waals surface area contributed by atoms with Crippen LogP contribution >= 0.6 is 0 Å². The lowest BCUT2D eigenvalue weighted by molar-refractivity contribution is -0.897. The number of nitro benzene ring substituents is 1. The van der Waals surface area contributed by atoms with E-state index in [0.717, 1.165) is 10.5 Å². The number of nitro groups is 1. The van der Waals surface area contributed by atoms with Crippen LogP contribution in [0, 0.1) is 23.0 Å². The van der Waals surface area contributed by atoms with Crippen molar-refractivity contribution in [3.8, 4) is 0 Å². The number of likely N-dealkylation sites (tertiary alicyclic amines) is 1. The molecule has 1 aromatic rings. The summed E-state index contributed by atoms with van der Waals surface area (Å²) in [6, 6.07) is 4.69. The molecular formula is C15H21N4O4+. The van der Waals surface area contributed by atoms with Gasteiger partial charge in [-0.15, -0.1) is 0 Å². The van der Waals surface area contributed by atoms with Gasteiger partial charge in [0.15, 0.2) is 6.54 Å². The van der Waals surface area contributed by atoms with Crippen LogP contribution in [0.3, 0.4) is 0 Å². The van der Waals surface area contributed by atoms with Gasteiger partial charge in [0.25, 0.3) is 11.6 Å². The average molecular weight is 321 g/mol. The molecule has 1 aromatic carbocycles. The van der Waals surface area contributed by atoms with Gasteiger partial charge in [0.1, 0.15) is 5.69 Å². The van der Waals surface area contributed by atoms with E-state index in [0.29, 0.717) is 25.9 Å². The number of quaternary nitrogens is 1. The first kappa shape index (κ1) is 16.9. The van der Waals surface area contributed by atoms with Crippen molar-refractivity contribution in [1.82, 2.24) is 0 Å². The number of carbonyl (C=O) groups excluding carboxylic acids is 2. The van der Waals surface area contributed by atoms with Gasteiger partial charge in [0.05, 0.1) is 18.0 Å². The van der Waals surface area contributed by atoms with Crippen molar-refractivity contribution >= 4 is 23.2 Å². The first-order chi connectivity index (χ1) is 10.9. The normalized spacial score (nSPS) is 20.7. The summed E-state index contributed by atoms with van der Waals surface area (Å²) >= 11 is 0. The average Bonchev–Trinajstić information content (AvgIpc) is 2.49. The Hall–Kier alpha value is -2.48. The van der Waals surface area contributed by atoms with E-state index in [2.05, 4.69) is 5.32 Å². The molecule has 8 heteroatoms. The molecule has 1 heterocycles. The van der Waals surface area contributed by atoms with E-state index < -0.39 is 4.92 Å². The molecule has 0 bridgehead atoms. The first-order valence-corrected chi connectivity index (χ1v) is 7.54. The monoisotopic (exact) mass is 321 g/mol. The van der Waals surface area contributed by atoms with Crippen LogP contribution in [-0.2, 0) is 9.59 Å². The van der Waals surface area contributed by atoms with Crippen LogP contribution in [0.1, 0.15) is 18.4 Å². The van der Waals surface area contributed by atoms with Crippen LogP contribution in [0.15, 0.2) is 18.2 Å². The van der Waals surface area contributed by atoms with Gasteiger partial charge >= 0.3 is 0 Å². The number of carbonyl (C=O) groups is 2. The largest absolute Gasteiger partial charge is 0.369 e. The zero-order chi connectivity index (χ0) is 17.0. The number of piperidine rings is 1. The third kappa shape index (κ3) is 4.49. The summed E-state index contributed by atoms with van der Waals surface area (Å²) in [5.41, 5.74) is 6.14. The van der Waals surface area contributed by atoms with E-state index in [4.69, 9.17) is 5.73 Å². The van der Waals surface area contributed by atoms with Gasteiger partial charge in [-0.05, 0) is 18.6 Å². The molecular weight excluding hydrogens is 300 g/mol. The number of hydrogen-bond acceptors (Lipinski definition) is 4. The molecule has 0 unspecified atom stereocenters. The molecule has 1 fully saturated rings. The van der Waals surface area contributed by atoms with Gasteiger partial charge < -0.3 is 16.0 Å². The van der Waals surface area contributed by atoms with Crippen LogP contribution in [0.2, 0.25) is 0 Å². The molecule has 0 saturated carbocycles. The fourth-order valence-electron chi connectivity index (χ4n) is 2.81. The van der Waals surface area contributed by atoms with E-state index in [-0.39, 0.29) is 35.7 Å². The van der Waals surface area contributed by atoms with Crippen LogP contribution < -0.4 is 16.0 Å². The lowest BCUT2D eigenvalue weighted by Gasteiger charge is -2.27. The number of rotatable bonds is 5. The summed E-state index contributed by atoms with van der Waals surface area (Å²) in [6.07, 6.45) is 1.34. The fourth-order valence-corrected chi connectivity index (χ4v) is 2.81. The third-order valence-electron chi connectivity index (χ3n) is 4.13. The third-order valence-corrected chi connectivity index (χ3v) is 4.13. The van der Waals surface area contributed by atoms with Crippen molar-refractivity contribution in [2.75, 3.05) is 25.0 Å². The first-order valence-electron chi connectivity index (χ1n) is 7.54. The highest BCUT2D eigenvalue weighted by atomic mass is 16.6. The Morgan fingerprint density at radius 1 is 1.39 bits per heavy atom. The van der Waals surface area contributed by atoms with Crippen LogP contribution in [0.4, 0.5) is 11.4 Å². The summed E-state index contributed by atoms with van der Waals surface area (Å²) in [6.45, 7) is 3.36. The Morgan fingerprint density at radius 3 is 2.61 bits per heavy atom. The van der Waals surface area contributed by atoms with Gasteiger partial charge in [-0.25, -0.2) is 0 Å². The summed E-state index contributed by atoms with van der Waals surface area (Å²) < 4.78 is 0. The molecule has 1 aliphatic heterocycles. The topological polar surface area (TPSA) is 120 Å². The van der Waals surface area contributed by atoms with Gasteiger partial charge in [-0.2, -0.15) is 0 Å². The minimum atomic E-state index is -0.506. The highest BCUT2D eigenvalue weighted by molar-refractivity contribution is 5.93. The maximum atomic E-state index is 12.1. The summed E-state index contributed by atoms with van der Waals surface area (Å²) in [7, 11) is 0. The summed E-state index contributed by atoms with van der Waals surface area (Å²) in [5.74, 6) is -0.673. The molecule has 0 atom stereocenters. The van der Waals surface area contributed by atoms with E-state index in [1.165, 1.54) is 6.07 Å². The summed E-state index contributed by atoms with van der Waals surface area (Å²) in [5, 5.41) is 13.7. The Bertz CT molecular complexity index is 624. The zero-order valence-electron chi connectivity index (χ0n) is 13.0. The molecule has 0 aliphatic carbocycles. The van der Waals surface area contributed by atoms with Crippen molar-refractivity contribution in [3.05, 3.63) is 33.9 Å². The van der Waals surface area contributed by atoms with Gasteiger partial charge in [-0.1, -0.05) is 6.07 Å². The number of nitrogens with one attached hydrogen (secondary N) is 2. The zero-order valence-corrected chi connectivity index (χ0v) is 13.0. The van der Waals surface area contributed by atoms with Crippen molar-refractivity contribution in [3.63, 3.8) is 0 Å². The second-order valence-electron chi connectivity index (χ2n) is 5.93. The predicted molar refractivity (Wildman–Crippen MR) is 83.9 cm³/mol. The number of anilines is 1. The van der Waals surface area contributed by atoms with E-state index >= 15 is 0 Å². The molecule has 0 spiro atoms. The standard InChI is InChI=1S/C15H20N4O4/c1-10-2-3-12(13(8-10)19(22)23)17-14(20)9-18-6-4-11(5-7-18)15(16)21/h2-3,8,11H,4-7,9H2,1H3,(H2,16,21)(H,17,20)/p+1. The molecule has 4 N–H and O–H groups in total. The number of hydrogen-bond donors (Lipinski definition) is 3. The second-order valence-corrected chi connectivity index (χ2v) is 5.93. The van der Waals surface area contributed by atoms with E-state index in [9.17, 15) is 19.7 Å². The minimum Gasteiger partial charge on any atom is -0.369 e. The molecule has 1 saturated heterocycles. The molecule has 1 aliphatic rings. The quantitative estimate of drug-likeness (QED) is 0.506. The van der Waals surface area contributed by atoms with Crippen molar-refractivity contribution < 1.29 is 19.4 Å². The molecule has 0 radical (unpaired) electrons. The molecule has 0 aromatic heterocycles. The SMILES string of the molecule is Cc1ccc(NC(=O)C[NH+]2CCC(C(N)=O)CC2)c([N+](=O)[O-])c1. The highest BCUT2D eigenvalue weighted by Gasteiger charge is 2.27. The van der Waals surface area contributed by atoms with Crippen molar-refractivity contribution in [2.45, 2.75) is 19.8 Å². The summed E-state index contributed by atoms with van der Waals surface area (Å²) in [4.78, 5) is 34.8. The Kier molecular flexibility index (Phi) is 5.28. The van der Waals surface area contributed by atoms with Crippen molar-refractivity contribution in [1.29, 1.82) is 0 Å². The predicted octanol–water partition coefficient (Wildman–Crippen LogP) is -0.378. The van der Waals surface area contributed by atoms with Crippen LogP contribution in [0.5, 0.6) is 0 Å². The molecule has 2 amide bonds. The maximum Gasteiger partial charge on any atom is 0.293 e. The highest BCUT2D eigenvalue weighted by Crippen LogP contribution is 2.25. The number of benzene rings is 1. The Morgan fingerprint density at radius 2 is 2.04 bits per heavy atom. The minimum absolute atomic E-state index is 0.110. The van der Waals surface area contributed by atoms with Crippen LogP contribution in [-0.4, -0.2) is 36.4 Å². The lowest BCUT2D eigenvalue weighted by Crippen LogP contribution is -3.14. The molecule has 2 rings (SSSR count). The maximum absolute atomic E-state index is 12.1. The lowest BCUT2D eigenvalue weighted by atomic mass is 9.96. The molecule has 8 nitrogen and oxygen atoms in total. The number of nitrogens with zero attached hydrogens (tertiary/aromatic N) is 1. The van der Waals surface area contributed by atoms with Gasteiger partial charge in [-0.3, -0.25) is 19.7 Å². The number of amides is 2. The number of aryl methyl sites for hydroxylation is 1. The van der Waals surface area contributed by atoms with E-state index in [1.807, 2.05) is 0 Å². The van der Waals surface area contributed by atoms with Crippen LogP contribution in [0.25, 0.3) is 0 Å². The Labute approximate surface area is 133 Å². The number of nitrogens with two attached hydrogens (primary N) is 1. The fraction of sp³-hybridized carbons (Fsp3) is 0.467. The van der Waals surface area contributed by atoms with Crippen molar-refractivity contribution in [2.24, 2.45) is 11.7 Å². The number of primary amides is 1. The smallest absolute Gasteiger partial charge is 0.293 e. The molecule has 23 heavy (non-hydrogen) atoms. The Balaban J connectivity index is 1.93. The van der Waals surface area contributed by atoms with Gasteiger partial charge in [0, 0.05) is 24.8 Å². The van der Waals surface area contributed by atoms with E-state index in [1.54, 1.807) is 19.1 Å². The second kappa shape index (κ2) is 7.19.